The predicted molar refractivity (Wildman–Crippen MR) is 94.0 cm³/mol. The van der Waals surface area contributed by atoms with Crippen LogP contribution < -0.4 is 21.7 Å². The molecule has 2 aliphatic heterocycles. The number of nitrogens with two attached hydrogens (primary N) is 1. The third-order valence-electron chi connectivity index (χ3n) is 4.12. The fourth-order valence-corrected chi connectivity index (χ4v) is 2.96. The van der Waals surface area contributed by atoms with Crippen LogP contribution in [0.1, 0.15) is 11.1 Å². The van der Waals surface area contributed by atoms with Crippen LogP contribution in [-0.2, 0) is 16.6 Å². The molecule has 2 heterocycles. The van der Waals surface area contributed by atoms with Crippen LogP contribution in [0.3, 0.4) is 0 Å². The molecule has 0 saturated heterocycles. The van der Waals surface area contributed by atoms with Gasteiger partial charge in [-0.15, -0.1) is 0 Å². The molecule has 1 spiro atoms. The molecule has 5 N–H and O–H groups in total. The predicted octanol–water partition coefficient (Wildman–Crippen LogP) is 2.20. The number of nitrogens with one attached hydrogen (secondary N) is 3. The molecule has 0 aromatic heterocycles. The minimum absolute atomic E-state index is 0.00803. The lowest BCUT2D eigenvalue weighted by Gasteiger charge is -2.26. The fraction of sp³-hybridized carbons (Fsp3) is 0.118. The topological polar surface area (TPSA) is 104 Å². The molecule has 0 aliphatic carbocycles. The lowest BCUT2D eigenvalue weighted by Crippen LogP contribution is -2.49. The van der Waals surface area contributed by atoms with Gasteiger partial charge in [-0.05, 0) is 24.3 Å². The van der Waals surface area contributed by atoms with Gasteiger partial charge in [0.2, 0.25) is 5.96 Å². The Kier molecular flexibility index (Phi) is 3.58. The van der Waals surface area contributed by atoms with Gasteiger partial charge in [-0.3, -0.25) is 10.1 Å². The van der Waals surface area contributed by atoms with Crippen LogP contribution >= 0.6 is 0 Å². The Morgan fingerprint density at radius 2 is 1.81 bits per heavy atom. The second-order valence-electron chi connectivity index (χ2n) is 5.96. The standard InChI is InChI=1S/C17H13F3N6O/c18-17(19,20)9-4-3-5-10(8-9)22-15-24-14(21)25-16(26-15)11-6-1-2-7-12(11)23-13(16)27/h1-8H,(H,23,27)(H4,21,22,24,25,26). The van der Waals surface area contributed by atoms with Gasteiger partial charge in [0.1, 0.15) is 0 Å². The van der Waals surface area contributed by atoms with E-state index < -0.39 is 23.3 Å². The molecule has 1 unspecified atom stereocenters. The van der Waals surface area contributed by atoms with E-state index in [4.69, 9.17) is 5.73 Å². The van der Waals surface area contributed by atoms with Crippen LogP contribution in [0.2, 0.25) is 0 Å². The zero-order valence-electron chi connectivity index (χ0n) is 13.6. The Bertz CT molecular complexity index is 1000. The lowest BCUT2D eigenvalue weighted by atomic mass is 10.0. The van der Waals surface area contributed by atoms with E-state index in [1.54, 1.807) is 24.3 Å². The molecule has 0 bridgehead atoms. The van der Waals surface area contributed by atoms with E-state index in [0.717, 1.165) is 12.1 Å². The molecule has 2 aliphatic rings. The number of hydrogen-bond acceptors (Lipinski definition) is 6. The summed E-state index contributed by atoms with van der Waals surface area (Å²) in [5.41, 5.74) is 4.54. The van der Waals surface area contributed by atoms with Crippen LogP contribution in [0.5, 0.6) is 0 Å². The Morgan fingerprint density at radius 1 is 1.04 bits per heavy atom. The van der Waals surface area contributed by atoms with Gasteiger partial charge in [0.05, 0.1) is 5.56 Å². The second kappa shape index (κ2) is 5.73. The molecule has 4 rings (SSSR count). The van der Waals surface area contributed by atoms with E-state index >= 15 is 0 Å². The van der Waals surface area contributed by atoms with Gasteiger partial charge in [-0.1, -0.05) is 24.3 Å². The number of alkyl halides is 3. The molecule has 1 atom stereocenters. The smallest absolute Gasteiger partial charge is 0.370 e. The van der Waals surface area contributed by atoms with Crippen LogP contribution in [-0.4, -0.2) is 17.8 Å². The Hall–Kier alpha value is -3.56. The summed E-state index contributed by atoms with van der Waals surface area (Å²) in [5, 5.41) is 8.03. The van der Waals surface area contributed by atoms with Gasteiger partial charge >= 0.3 is 6.18 Å². The summed E-state index contributed by atoms with van der Waals surface area (Å²) >= 11 is 0. The minimum atomic E-state index is -4.48. The molecule has 0 fully saturated rings. The van der Waals surface area contributed by atoms with E-state index in [1.807, 2.05) is 0 Å². The van der Waals surface area contributed by atoms with Crippen molar-refractivity contribution in [2.24, 2.45) is 15.7 Å². The Labute approximate surface area is 151 Å². The zero-order valence-corrected chi connectivity index (χ0v) is 13.6. The van der Waals surface area contributed by atoms with Gasteiger partial charge in [0.25, 0.3) is 11.6 Å². The number of nitrogens with zero attached hydrogens (tertiary/aromatic N) is 2. The summed E-state index contributed by atoms with van der Waals surface area (Å²) in [4.78, 5) is 21.0. The summed E-state index contributed by atoms with van der Waals surface area (Å²) < 4.78 is 38.7. The van der Waals surface area contributed by atoms with Gasteiger partial charge < -0.3 is 16.4 Å². The quantitative estimate of drug-likeness (QED) is 0.614. The first-order valence-corrected chi connectivity index (χ1v) is 7.85. The van der Waals surface area contributed by atoms with Gasteiger partial charge in [-0.25, -0.2) is 9.98 Å². The highest BCUT2D eigenvalue weighted by Gasteiger charge is 2.49. The fourth-order valence-electron chi connectivity index (χ4n) is 2.96. The SMILES string of the molecule is NC1=NC2(N=C(Nc3cccc(C(F)(F)F)c3)N1)C(=O)Nc1ccccc12. The third-order valence-corrected chi connectivity index (χ3v) is 4.12. The van der Waals surface area contributed by atoms with Crippen molar-refractivity contribution in [3.05, 3.63) is 59.7 Å². The number of guanidine groups is 2. The number of fused-ring (bicyclic) bond motifs is 2. The van der Waals surface area contributed by atoms with Crippen LogP contribution in [0.25, 0.3) is 0 Å². The first-order chi connectivity index (χ1) is 12.8. The molecule has 2 aromatic rings. The molecule has 7 nitrogen and oxygen atoms in total. The number of benzene rings is 2. The molecule has 27 heavy (non-hydrogen) atoms. The average Bonchev–Trinajstić information content (AvgIpc) is 2.85. The largest absolute Gasteiger partial charge is 0.416 e. The third kappa shape index (κ3) is 2.84. The maximum Gasteiger partial charge on any atom is 0.416 e. The molecular formula is C17H13F3N6O. The highest BCUT2D eigenvalue weighted by Crippen LogP contribution is 2.41. The number of para-hydroxylation sites is 1. The number of carbonyl (C=O) groups excluding carboxylic acids is 1. The molecule has 0 saturated carbocycles. The van der Waals surface area contributed by atoms with Crippen molar-refractivity contribution in [2.45, 2.75) is 11.8 Å². The van der Waals surface area contributed by atoms with E-state index in [0.29, 0.717) is 11.3 Å². The molecule has 2 aromatic carbocycles. The normalized spacial score (nSPS) is 21.1. The van der Waals surface area contributed by atoms with E-state index in [1.165, 1.54) is 12.1 Å². The Balaban J connectivity index is 1.72. The number of halogens is 3. The van der Waals surface area contributed by atoms with Crippen LogP contribution in [0.15, 0.2) is 58.5 Å². The van der Waals surface area contributed by atoms with Crippen molar-refractivity contribution in [2.75, 3.05) is 10.6 Å². The Morgan fingerprint density at radius 3 is 2.59 bits per heavy atom. The van der Waals surface area contributed by atoms with Gasteiger partial charge in [0, 0.05) is 16.9 Å². The van der Waals surface area contributed by atoms with Crippen molar-refractivity contribution in [3.63, 3.8) is 0 Å². The van der Waals surface area contributed by atoms with Crippen LogP contribution in [0, 0.1) is 0 Å². The van der Waals surface area contributed by atoms with Crippen molar-refractivity contribution in [1.82, 2.24) is 5.32 Å². The van der Waals surface area contributed by atoms with Crippen molar-refractivity contribution >= 4 is 29.2 Å². The van der Waals surface area contributed by atoms with Crippen molar-refractivity contribution < 1.29 is 18.0 Å². The van der Waals surface area contributed by atoms with E-state index in [2.05, 4.69) is 25.9 Å². The van der Waals surface area contributed by atoms with Crippen molar-refractivity contribution in [3.8, 4) is 0 Å². The lowest BCUT2D eigenvalue weighted by molar-refractivity contribution is -0.137. The first-order valence-electron chi connectivity index (χ1n) is 7.85. The van der Waals surface area contributed by atoms with E-state index in [-0.39, 0.29) is 17.6 Å². The number of amides is 1. The number of rotatable bonds is 1. The number of carbonyl (C=O) groups is 1. The van der Waals surface area contributed by atoms with Gasteiger partial charge in [-0.2, -0.15) is 13.2 Å². The molecule has 0 radical (unpaired) electrons. The minimum Gasteiger partial charge on any atom is -0.370 e. The van der Waals surface area contributed by atoms with Crippen molar-refractivity contribution in [1.29, 1.82) is 0 Å². The summed E-state index contributed by atoms with van der Waals surface area (Å²) in [7, 11) is 0. The number of anilines is 2. The summed E-state index contributed by atoms with van der Waals surface area (Å²) in [6.45, 7) is 0. The summed E-state index contributed by atoms with van der Waals surface area (Å²) in [6.07, 6.45) is -4.48. The number of hydrogen-bond donors (Lipinski definition) is 4. The monoisotopic (exact) mass is 374 g/mol. The van der Waals surface area contributed by atoms with Gasteiger partial charge in [0.15, 0.2) is 5.96 Å². The molecule has 10 heteroatoms. The maximum absolute atomic E-state index is 12.9. The highest BCUT2D eigenvalue weighted by atomic mass is 19.4. The molecule has 138 valence electrons. The zero-order chi connectivity index (χ0) is 19.2. The first kappa shape index (κ1) is 16.9. The summed E-state index contributed by atoms with van der Waals surface area (Å²) in [6, 6.07) is 11.4. The average molecular weight is 374 g/mol. The molecular weight excluding hydrogens is 361 g/mol. The highest BCUT2D eigenvalue weighted by molar-refractivity contribution is 6.13. The summed E-state index contributed by atoms with van der Waals surface area (Å²) in [5.74, 6) is -0.587. The maximum atomic E-state index is 12.9. The number of aliphatic imine (C=N–C) groups is 2. The molecule has 1 amide bonds. The van der Waals surface area contributed by atoms with E-state index in [9.17, 15) is 18.0 Å². The second-order valence-corrected chi connectivity index (χ2v) is 5.96. The van der Waals surface area contributed by atoms with Crippen LogP contribution in [0.4, 0.5) is 24.5 Å².